The molecule has 7 nitrogen and oxygen atoms in total. The molecule has 0 radical (unpaired) electrons. The number of hydrogen-bond donors (Lipinski definition) is 1. The highest BCUT2D eigenvalue weighted by atomic mass is 79.9. The maximum absolute atomic E-state index is 13.2. The maximum atomic E-state index is 13.2. The van der Waals surface area contributed by atoms with E-state index in [-0.39, 0.29) is 29.6 Å². The van der Waals surface area contributed by atoms with Gasteiger partial charge in [-0.25, -0.2) is 4.39 Å². The van der Waals surface area contributed by atoms with Gasteiger partial charge in [-0.2, -0.15) is 0 Å². The third kappa shape index (κ3) is 6.01. The summed E-state index contributed by atoms with van der Waals surface area (Å²) >= 11 is 4.52. The molecule has 1 heterocycles. The first-order valence-electron chi connectivity index (χ1n) is 9.91. The fourth-order valence-corrected chi connectivity index (χ4v) is 4.31. The maximum Gasteiger partial charge on any atom is 0.234 e. The van der Waals surface area contributed by atoms with Gasteiger partial charge in [0.15, 0.2) is 17.1 Å². The summed E-state index contributed by atoms with van der Waals surface area (Å²) in [6.45, 7) is 5.94. The minimum Gasteiger partial charge on any atom is -0.497 e. The van der Waals surface area contributed by atoms with Gasteiger partial charge in [0, 0.05) is 16.6 Å². The van der Waals surface area contributed by atoms with Gasteiger partial charge < -0.3 is 19.4 Å². The van der Waals surface area contributed by atoms with E-state index in [9.17, 15) is 9.18 Å². The highest BCUT2D eigenvalue weighted by molar-refractivity contribution is 9.10. The number of methoxy groups -OCH3 is 1. The van der Waals surface area contributed by atoms with Crippen LogP contribution in [0.15, 0.2) is 52.1 Å². The predicted molar refractivity (Wildman–Crippen MR) is 126 cm³/mol. The molecule has 0 spiro atoms. The molecule has 1 amide bonds. The minimum absolute atomic E-state index is 0.0631. The molecule has 0 bridgehead atoms. The van der Waals surface area contributed by atoms with Crippen LogP contribution < -0.4 is 14.8 Å². The van der Waals surface area contributed by atoms with Crippen LogP contribution >= 0.6 is 27.7 Å². The Kier molecular flexibility index (Phi) is 8.14. The third-order valence-electron chi connectivity index (χ3n) is 4.46. The van der Waals surface area contributed by atoms with Gasteiger partial charge in [-0.1, -0.05) is 17.8 Å². The lowest BCUT2D eigenvalue weighted by molar-refractivity contribution is -0.113. The Morgan fingerprint density at radius 2 is 1.94 bits per heavy atom. The van der Waals surface area contributed by atoms with E-state index >= 15 is 0 Å². The van der Waals surface area contributed by atoms with Gasteiger partial charge in [0.1, 0.15) is 17.3 Å². The topological polar surface area (TPSA) is 78.3 Å². The number of benzene rings is 2. The van der Waals surface area contributed by atoms with Crippen molar-refractivity contribution >= 4 is 39.3 Å². The van der Waals surface area contributed by atoms with E-state index in [4.69, 9.17) is 9.47 Å². The third-order valence-corrected chi connectivity index (χ3v) is 6.06. The Bertz CT molecular complexity index is 1090. The summed E-state index contributed by atoms with van der Waals surface area (Å²) in [6.07, 6.45) is -0.365. The highest BCUT2D eigenvalue weighted by Crippen LogP contribution is 2.29. The second-order valence-electron chi connectivity index (χ2n) is 7.20. The molecule has 0 aliphatic rings. The molecule has 1 N–H and O–H groups in total. The molecule has 0 saturated heterocycles. The Balaban J connectivity index is 1.69. The number of rotatable bonds is 9. The molecule has 0 aliphatic heterocycles. The predicted octanol–water partition coefficient (Wildman–Crippen LogP) is 5.64. The average molecular weight is 523 g/mol. The zero-order valence-electron chi connectivity index (χ0n) is 18.1. The van der Waals surface area contributed by atoms with E-state index in [2.05, 4.69) is 31.4 Å². The minimum atomic E-state index is -0.382. The summed E-state index contributed by atoms with van der Waals surface area (Å²) in [4.78, 5) is 12.4. The van der Waals surface area contributed by atoms with Gasteiger partial charge >= 0.3 is 0 Å². The highest BCUT2D eigenvalue weighted by Gasteiger charge is 2.22. The second kappa shape index (κ2) is 10.8. The zero-order chi connectivity index (χ0) is 23.3. The fourth-order valence-electron chi connectivity index (χ4n) is 2.99. The van der Waals surface area contributed by atoms with Crippen molar-refractivity contribution in [3.8, 4) is 11.5 Å². The molecule has 3 aromatic rings. The van der Waals surface area contributed by atoms with E-state index < -0.39 is 0 Å². The van der Waals surface area contributed by atoms with Crippen molar-refractivity contribution in [1.82, 2.24) is 14.8 Å². The van der Waals surface area contributed by atoms with Crippen molar-refractivity contribution in [2.45, 2.75) is 38.1 Å². The number of nitrogens with one attached hydrogen (secondary N) is 1. The van der Waals surface area contributed by atoms with Crippen LogP contribution in [0.3, 0.4) is 0 Å². The standard InChI is InChI=1S/C22H24BrFN4O3S/c1-13(2)28-21(14(3)31-17-7-5-6-16(11-17)30-4)26-27-22(28)32-12-20(29)25-19-9-8-15(24)10-18(19)23/h5-11,13-14H,12H2,1-4H3,(H,25,29). The van der Waals surface area contributed by atoms with Gasteiger partial charge in [-0.15, -0.1) is 10.2 Å². The summed E-state index contributed by atoms with van der Waals surface area (Å²) in [6, 6.07) is 11.5. The first kappa shape index (κ1) is 24.1. The largest absolute Gasteiger partial charge is 0.497 e. The lowest BCUT2D eigenvalue weighted by Crippen LogP contribution is -2.17. The van der Waals surface area contributed by atoms with Crippen LogP contribution in [0.5, 0.6) is 11.5 Å². The number of anilines is 1. The summed E-state index contributed by atoms with van der Waals surface area (Å²) in [5.74, 6) is 1.53. The van der Waals surface area contributed by atoms with E-state index in [0.29, 0.717) is 32.6 Å². The van der Waals surface area contributed by atoms with E-state index in [1.165, 1.54) is 30.0 Å². The molecule has 0 fully saturated rings. The number of amides is 1. The van der Waals surface area contributed by atoms with Crippen LogP contribution in [-0.4, -0.2) is 33.5 Å². The SMILES string of the molecule is COc1cccc(OC(C)c2nnc(SCC(=O)Nc3ccc(F)cc3Br)n2C(C)C)c1. The molecule has 1 unspecified atom stereocenters. The molecule has 10 heteroatoms. The quantitative estimate of drug-likeness (QED) is 0.366. The van der Waals surface area contributed by atoms with Gasteiger partial charge in [-0.05, 0) is 67.0 Å². The number of carbonyl (C=O) groups excluding carboxylic acids is 1. The molecule has 3 rings (SSSR count). The van der Waals surface area contributed by atoms with Crippen LogP contribution in [0.25, 0.3) is 0 Å². The second-order valence-corrected chi connectivity index (χ2v) is 9.00. The molecule has 170 valence electrons. The average Bonchev–Trinajstić information content (AvgIpc) is 3.19. The van der Waals surface area contributed by atoms with Crippen LogP contribution in [0.1, 0.15) is 38.7 Å². The Morgan fingerprint density at radius 3 is 2.62 bits per heavy atom. The molecular formula is C22H24BrFN4O3S. The Morgan fingerprint density at radius 1 is 1.19 bits per heavy atom. The van der Waals surface area contributed by atoms with Gasteiger partial charge in [0.25, 0.3) is 0 Å². The number of hydrogen-bond acceptors (Lipinski definition) is 6. The van der Waals surface area contributed by atoms with Crippen LogP contribution in [0.2, 0.25) is 0 Å². The van der Waals surface area contributed by atoms with Crippen molar-refractivity contribution in [1.29, 1.82) is 0 Å². The summed E-state index contributed by atoms with van der Waals surface area (Å²) in [5, 5.41) is 12.0. The first-order valence-corrected chi connectivity index (χ1v) is 11.7. The van der Waals surface area contributed by atoms with Gasteiger partial charge in [0.2, 0.25) is 5.91 Å². The summed E-state index contributed by atoms with van der Waals surface area (Å²) < 4.78 is 27.0. The van der Waals surface area contributed by atoms with Crippen molar-refractivity contribution < 1.29 is 18.7 Å². The monoisotopic (exact) mass is 522 g/mol. The van der Waals surface area contributed by atoms with Crippen LogP contribution in [0, 0.1) is 5.82 Å². The number of carbonyl (C=O) groups is 1. The first-order chi connectivity index (χ1) is 15.3. The summed E-state index contributed by atoms with van der Waals surface area (Å²) in [7, 11) is 1.60. The van der Waals surface area contributed by atoms with E-state index in [1.54, 1.807) is 13.2 Å². The number of thioether (sulfide) groups is 1. The lowest BCUT2D eigenvalue weighted by atomic mass is 10.3. The van der Waals surface area contributed by atoms with Crippen molar-refractivity contribution in [2.24, 2.45) is 0 Å². The number of nitrogens with zero attached hydrogens (tertiary/aromatic N) is 3. The normalized spacial score (nSPS) is 12.0. The molecule has 1 aromatic heterocycles. The molecule has 0 saturated carbocycles. The number of ether oxygens (including phenoxy) is 2. The van der Waals surface area contributed by atoms with Crippen molar-refractivity contribution in [3.63, 3.8) is 0 Å². The Labute approximate surface area is 198 Å². The van der Waals surface area contributed by atoms with Crippen LogP contribution in [-0.2, 0) is 4.79 Å². The summed E-state index contributed by atoms with van der Waals surface area (Å²) in [5.41, 5.74) is 0.503. The number of halogens is 2. The van der Waals surface area contributed by atoms with Crippen molar-refractivity contribution in [3.05, 3.63) is 58.6 Å². The van der Waals surface area contributed by atoms with Crippen molar-refractivity contribution in [2.75, 3.05) is 18.2 Å². The number of aromatic nitrogens is 3. The molecule has 0 aliphatic carbocycles. The Hall–Kier alpha value is -2.59. The van der Waals surface area contributed by atoms with Crippen LogP contribution in [0.4, 0.5) is 10.1 Å². The smallest absolute Gasteiger partial charge is 0.234 e. The van der Waals surface area contributed by atoms with E-state index in [1.807, 2.05) is 43.5 Å². The van der Waals surface area contributed by atoms with E-state index in [0.717, 1.165) is 0 Å². The fraction of sp³-hybridized carbons (Fsp3) is 0.318. The van der Waals surface area contributed by atoms with Gasteiger partial charge in [0.05, 0.1) is 18.6 Å². The lowest BCUT2D eigenvalue weighted by Gasteiger charge is -2.19. The molecular weight excluding hydrogens is 499 g/mol. The molecule has 2 aromatic carbocycles. The zero-order valence-corrected chi connectivity index (χ0v) is 20.5. The molecule has 1 atom stereocenters. The van der Waals surface area contributed by atoms with Gasteiger partial charge in [-0.3, -0.25) is 4.79 Å². The molecule has 32 heavy (non-hydrogen) atoms.